The molecule has 3 rings (SSSR count). The van der Waals surface area contributed by atoms with Crippen LogP contribution in [0.5, 0.6) is 0 Å². The molecule has 0 aliphatic heterocycles. The van der Waals surface area contributed by atoms with Gasteiger partial charge >= 0.3 is 0 Å². The highest BCUT2D eigenvalue weighted by Gasteiger charge is 2.12. The smallest absolute Gasteiger partial charge is 0.0920 e. The quantitative estimate of drug-likeness (QED) is 0.706. The van der Waals surface area contributed by atoms with Crippen LogP contribution in [0.3, 0.4) is 0 Å². The molecule has 0 radical (unpaired) electrons. The molecule has 0 bridgehead atoms. The monoisotopic (exact) mass is 265 g/mol. The maximum Gasteiger partial charge on any atom is 0.0920 e. The molecule has 0 spiro atoms. The molecule has 102 valence electrons. The van der Waals surface area contributed by atoms with Crippen LogP contribution in [-0.2, 0) is 0 Å². The van der Waals surface area contributed by atoms with Crippen LogP contribution < -0.4 is 5.32 Å². The van der Waals surface area contributed by atoms with Gasteiger partial charge in [0, 0.05) is 6.54 Å². The lowest BCUT2D eigenvalue weighted by Gasteiger charge is -2.16. The summed E-state index contributed by atoms with van der Waals surface area (Å²) >= 11 is 0. The number of benzene rings is 3. The molecule has 0 saturated carbocycles. The number of hydrogen-bond acceptors (Lipinski definition) is 2. The second-order valence-corrected chi connectivity index (χ2v) is 5.06. The first-order chi connectivity index (χ1) is 9.81. The summed E-state index contributed by atoms with van der Waals surface area (Å²) in [5.41, 5.74) is 1.00. The molecule has 0 amide bonds. The van der Waals surface area contributed by atoms with Crippen LogP contribution in [0, 0.1) is 0 Å². The van der Waals surface area contributed by atoms with Crippen molar-refractivity contribution in [1.29, 1.82) is 0 Å². The summed E-state index contributed by atoms with van der Waals surface area (Å²) in [6.45, 7) is 3.49. The van der Waals surface area contributed by atoms with E-state index in [2.05, 4.69) is 47.8 Å². The predicted molar refractivity (Wildman–Crippen MR) is 85.0 cm³/mol. The lowest BCUT2D eigenvalue weighted by Crippen LogP contribution is -2.21. The van der Waals surface area contributed by atoms with E-state index in [0.717, 1.165) is 17.5 Å². The third kappa shape index (κ3) is 2.28. The molecular weight excluding hydrogens is 246 g/mol. The third-order valence-corrected chi connectivity index (χ3v) is 3.75. The molecule has 0 heterocycles. The van der Waals surface area contributed by atoms with E-state index in [1.165, 1.54) is 16.2 Å². The SMILES string of the molecule is CCNC[C@H](O)c1cc2ccccc2c2ccccc12. The molecule has 0 aliphatic carbocycles. The van der Waals surface area contributed by atoms with Gasteiger partial charge in [-0.1, -0.05) is 55.5 Å². The fraction of sp³-hybridized carbons (Fsp3) is 0.222. The fourth-order valence-electron chi connectivity index (χ4n) is 2.75. The van der Waals surface area contributed by atoms with E-state index in [4.69, 9.17) is 0 Å². The van der Waals surface area contributed by atoms with E-state index in [1.54, 1.807) is 0 Å². The summed E-state index contributed by atoms with van der Waals surface area (Å²) < 4.78 is 0. The zero-order chi connectivity index (χ0) is 13.9. The Hall–Kier alpha value is -1.90. The molecular formula is C18H19NO. The molecule has 0 aromatic heterocycles. The molecule has 1 atom stereocenters. The Labute approximate surface area is 119 Å². The molecule has 2 N–H and O–H groups in total. The van der Waals surface area contributed by atoms with Gasteiger partial charge in [-0.3, -0.25) is 0 Å². The Morgan fingerprint density at radius 1 is 0.950 bits per heavy atom. The fourth-order valence-corrected chi connectivity index (χ4v) is 2.75. The summed E-state index contributed by atoms with van der Waals surface area (Å²) in [7, 11) is 0. The van der Waals surface area contributed by atoms with E-state index >= 15 is 0 Å². The normalized spacial score (nSPS) is 12.9. The number of fused-ring (bicyclic) bond motifs is 3. The standard InChI is InChI=1S/C18H19NO/c1-2-19-12-18(20)17-11-13-7-3-4-8-14(13)15-9-5-6-10-16(15)17/h3-11,18-20H,2,12H2,1H3/t18-/m0/s1. The maximum atomic E-state index is 10.4. The largest absolute Gasteiger partial charge is 0.387 e. The minimum atomic E-state index is -0.482. The molecule has 3 aromatic rings. The van der Waals surface area contributed by atoms with Crippen molar-refractivity contribution in [3.05, 3.63) is 60.2 Å². The van der Waals surface area contributed by atoms with E-state index in [1.807, 2.05) is 19.1 Å². The van der Waals surface area contributed by atoms with Crippen LogP contribution in [0.2, 0.25) is 0 Å². The van der Waals surface area contributed by atoms with Crippen molar-refractivity contribution in [3.63, 3.8) is 0 Å². The summed E-state index contributed by atoms with van der Waals surface area (Å²) in [6.07, 6.45) is -0.482. The van der Waals surface area contributed by atoms with Gasteiger partial charge in [0.1, 0.15) is 0 Å². The molecule has 0 fully saturated rings. The summed E-state index contributed by atoms with van der Waals surface area (Å²) in [6, 6.07) is 18.7. The van der Waals surface area contributed by atoms with Crippen molar-refractivity contribution < 1.29 is 5.11 Å². The van der Waals surface area contributed by atoms with Crippen LogP contribution in [0.25, 0.3) is 21.5 Å². The average Bonchev–Trinajstić information content (AvgIpc) is 2.52. The highest BCUT2D eigenvalue weighted by Crippen LogP contribution is 2.31. The van der Waals surface area contributed by atoms with Crippen LogP contribution >= 0.6 is 0 Å². The van der Waals surface area contributed by atoms with Crippen molar-refractivity contribution in [2.75, 3.05) is 13.1 Å². The topological polar surface area (TPSA) is 32.3 Å². The van der Waals surface area contributed by atoms with Crippen molar-refractivity contribution in [3.8, 4) is 0 Å². The Bertz CT molecular complexity index is 736. The number of nitrogens with one attached hydrogen (secondary N) is 1. The molecule has 0 unspecified atom stereocenters. The first-order valence-corrected chi connectivity index (χ1v) is 7.10. The van der Waals surface area contributed by atoms with Gasteiger partial charge in [-0.05, 0) is 39.7 Å². The van der Waals surface area contributed by atoms with Gasteiger partial charge in [0.05, 0.1) is 6.10 Å². The van der Waals surface area contributed by atoms with Crippen molar-refractivity contribution in [2.24, 2.45) is 0 Å². The molecule has 20 heavy (non-hydrogen) atoms. The second kappa shape index (κ2) is 5.61. The minimum absolute atomic E-state index is 0.482. The molecule has 2 heteroatoms. The highest BCUT2D eigenvalue weighted by atomic mass is 16.3. The molecule has 2 nitrogen and oxygen atoms in total. The van der Waals surface area contributed by atoms with Gasteiger partial charge in [-0.25, -0.2) is 0 Å². The summed E-state index contributed by atoms with van der Waals surface area (Å²) in [5.74, 6) is 0. The Balaban J connectivity index is 2.23. The maximum absolute atomic E-state index is 10.4. The number of likely N-dealkylation sites (N-methyl/N-ethyl adjacent to an activating group) is 1. The number of aliphatic hydroxyl groups is 1. The summed E-state index contributed by atoms with van der Waals surface area (Å²) in [5, 5.41) is 18.4. The third-order valence-electron chi connectivity index (χ3n) is 3.75. The Morgan fingerprint density at radius 3 is 2.35 bits per heavy atom. The minimum Gasteiger partial charge on any atom is -0.387 e. The van der Waals surface area contributed by atoms with Crippen molar-refractivity contribution in [1.82, 2.24) is 5.32 Å². The van der Waals surface area contributed by atoms with Gasteiger partial charge in [-0.2, -0.15) is 0 Å². The molecule has 3 aromatic carbocycles. The van der Waals surface area contributed by atoms with Gasteiger partial charge in [-0.15, -0.1) is 0 Å². The number of rotatable bonds is 4. The van der Waals surface area contributed by atoms with Crippen LogP contribution in [0.4, 0.5) is 0 Å². The summed E-state index contributed by atoms with van der Waals surface area (Å²) in [4.78, 5) is 0. The predicted octanol–water partition coefficient (Wildman–Crippen LogP) is 3.64. The first-order valence-electron chi connectivity index (χ1n) is 7.10. The van der Waals surface area contributed by atoms with E-state index in [9.17, 15) is 5.11 Å². The van der Waals surface area contributed by atoms with Crippen molar-refractivity contribution in [2.45, 2.75) is 13.0 Å². The Kier molecular flexibility index (Phi) is 3.68. The van der Waals surface area contributed by atoms with Crippen LogP contribution in [0.15, 0.2) is 54.6 Å². The average molecular weight is 265 g/mol. The van der Waals surface area contributed by atoms with Gasteiger partial charge in [0.15, 0.2) is 0 Å². The van der Waals surface area contributed by atoms with E-state index < -0.39 is 6.10 Å². The number of hydrogen-bond donors (Lipinski definition) is 2. The lowest BCUT2D eigenvalue weighted by molar-refractivity contribution is 0.177. The van der Waals surface area contributed by atoms with Gasteiger partial charge < -0.3 is 10.4 Å². The zero-order valence-corrected chi connectivity index (χ0v) is 11.6. The second-order valence-electron chi connectivity index (χ2n) is 5.06. The molecule has 0 saturated heterocycles. The van der Waals surface area contributed by atoms with Crippen LogP contribution in [-0.4, -0.2) is 18.2 Å². The van der Waals surface area contributed by atoms with E-state index in [-0.39, 0.29) is 0 Å². The van der Waals surface area contributed by atoms with E-state index in [0.29, 0.717) is 6.54 Å². The zero-order valence-electron chi connectivity index (χ0n) is 11.6. The first kappa shape index (κ1) is 13.1. The highest BCUT2D eigenvalue weighted by molar-refractivity contribution is 6.09. The van der Waals surface area contributed by atoms with Gasteiger partial charge in [0.2, 0.25) is 0 Å². The molecule has 0 aliphatic rings. The lowest BCUT2D eigenvalue weighted by atomic mass is 9.94. The Morgan fingerprint density at radius 2 is 1.60 bits per heavy atom. The van der Waals surface area contributed by atoms with Crippen LogP contribution in [0.1, 0.15) is 18.6 Å². The van der Waals surface area contributed by atoms with Gasteiger partial charge in [0.25, 0.3) is 0 Å². The van der Waals surface area contributed by atoms with Crippen molar-refractivity contribution >= 4 is 21.5 Å². The number of aliphatic hydroxyl groups excluding tert-OH is 1.